The lowest BCUT2D eigenvalue weighted by molar-refractivity contribution is 0.433. The Bertz CT molecular complexity index is 984. The Balaban J connectivity index is 2.88. The van der Waals surface area contributed by atoms with Crippen molar-refractivity contribution in [1.82, 2.24) is 0 Å². The minimum absolute atomic E-state index is 0.0345. The van der Waals surface area contributed by atoms with Gasteiger partial charge in [0.05, 0.1) is 0 Å². The van der Waals surface area contributed by atoms with Crippen molar-refractivity contribution in [2.45, 2.75) is 118 Å². The molecule has 0 aliphatic carbocycles. The van der Waals surface area contributed by atoms with Crippen LogP contribution in [0.2, 0.25) is 0 Å². The molecule has 2 aromatic rings. The van der Waals surface area contributed by atoms with E-state index in [0.29, 0.717) is 11.5 Å². The van der Waals surface area contributed by atoms with E-state index >= 15 is 0 Å². The summed E-state index contributed by atoms with van der Waals surface area (Å²) in [6.07, 6.45) is 0. The maximum atomic E-state index is 11.4. The molecule has 2 heteroatoms. The molecular formula is C30H46O2. The van der Waals surface area contributed by atoms with Crippen LogP contribution in [0.1, 0.15) is 129 Å². The van der Waals surface area contributed by atoms with Gasteiger partial charge in [0.2, 0.25) is 0 Å². The molecule has 2 rings (SSSR count). The highest BCUT2D eigenvalue weighted by atomic mass is 16.3. The fourth-order valence-electron chi connectivity index (χ4n) is 4.37. The smallest absolute Gasteiger partial charge is 0.123 e. The van der Waals surface area contributed by atoms with Crippen LogP contribution in [0.25, 0.3) is 0 Å². The van der Waals surface area contributed by atoms with E-state index in [1.54, 1.807) is 0 Å². The van der Waals surface area contributed by atoms with Crippen molar-refractivity contribution < 1.29 is 10.2 Å². The van der Waals surface area contributed by atoms with Gasteiger partial charge >= 0.3 is 0 Å². The van der Waals surface area contributed by atoms with Gasteiger partial charge in [0, 0.05) is 11.5 Å². The van der Waals surface area contributed by atoms with Crippen LogP contribution in [0.3, 0.4) is 0 Å². The van der Waals surface area contributed by atoms with Crippen LogP contribution in [0.5, 0.6) is 11.5 Å². The Kier molecular flexibility index (Phi) is 6.67. The first-order valence-corrected chi connectivity index (χ1v) is 11.9. The lowest BCUT2D eigenvalue weighted by Gasteiger charge is -2.32. The molecule has 0 spiro atoms. The first-order valence-electron chi connectivity index (χ1n) is 11.9. The average molecular weight is 439 g/mol. The predicted molar refractivity (Wildman–Crippen MR) is 139 cm³/mol. The number of hydrogen-bond acceptors (Lipinski definition) is 2. The van der Waals surface area contributed by atoms with E-state index in [4.69, 9.17) is 0 Å². The Hall–Kier alpha value is -1.96. The molecule has 1 atom stereocenters. The topological polar surface area (TPSA) is 40.5 Å². The van der Waals surface area contributed by atoms with Crippen molar-refractivity contribution in [3.8, 4) is 11.5 Å². The molecule has 0 saturated heterocycles. The van der Waals surface area contributed by atoms with Gasteiger partial charge in [-0.1, -0.05) is 108 Å². The van der Waals surface area contributed by atoms with Crippen LogP contribution in [0.15, 0.2) is 24.3 Å². The summed E-state index contributed by atoms with van der Waals surface area (Å²) in [4.78, 5) is 0. The molecular weight excluding hydrogens is 392 g/mol. The third-order valence-electron chi connectivity index (χ3n) is 6.53. The molecule has 0 aromatic heterocycles. The highest BCUT2D eigenvalue weighted by Gasteiger charge is 2.31. The molecule has 2 nitrogen and oxygen atoms in total. The summed E-state index contributed by atoms with van der Waals surface area (Å²) in [5.41, 5.74) is 5.90. The number of rotatable bonds is 2. The van der Waals surface area contributed by atoms with E-state index < -0.39 is 0 Å². The Morgan fingerprint density at radius 1 is 0.531 bits per heavy atom. The van der Waals surface area contributed by atoms with Crippen molar-refractivity contribution >= 4 is 0 Å². The second-order valence-electron chi connectivity index (χ2n) is 13.6. The number of hydrogen-bond donors (Lipinski definition) is 2. The maximum absolute atomic E-state index is 11.4. The van der Waals surface area contributed by atoms with Crippen molar-refractivity contribution in [3.63, 3.8) is 0 Å². The van der Waals surface area contributed by atoms with Gasteiger partial charge in [-0.3, -0.25) is 0 Å². The number of benzene rings is 2. The summed E-state index contributed by atoms with van der Waals surface area (Å²) < 4.78 is 0. The standard InChI is InChI=1S/C30H46O2/c1-18(20-16-25(31)23(29(8,9)10)17-22(20)28(5,6)7)21-14-19(27(2,3)4)15-24(26(21)32)30(11,12)13/h14-18,31-32H,1-13H3. The maximum Gasteiger partial charge on any atom is 0.123 e. The van der Waals surface area contributed by atoms with Crippen LogP contribution in [0.4, 0.5) is 0 Å². The van der Waals surface area contributed by atoms with Crippen LogP contribution in [0, 0.1) is 0 Å². The molecule has 0 aliphatic heterocycles. The summed E-state index contributed by atoms with van der Waals surface area (Å²) in [6.45, 7) is 28.3. The SMILES string of the molecule is CC(c1cc(O)c(C(C)(C)C)cc1C(C)(C)C)c1cc(C(C)(C)C)cc(C(C)(C)C)c1O. The summed E-state index contributed by atoms with van der Waals surface area (Å²) in [5.74, 6) is 0.639. The van der Waals surface area contributed by atoms with Crippen molar-refractivity contribution in [2.24, 2.45) is 0 Å². The molecule has 0 bridgehead atoms. The molecule has 0 heterocycles. The summed E-state index contributed by atoms with van der Waals surface area (Å²) in [5, 5.41) is 22.4. The molecule has 1 unspecified atom stereocenters. The van der Waals surface area contributed by atoms with Gasteiger partial charge in [0.1, 0.15) is 11.5 Å². The van der Waals surface area contributed by atoms with Crippen LogP contribution >= 0.6 is 0 Å². The van der Waals surface area contributed by atoms with E-state index in [2.05, 4.69) is 108 Å². The van der Waals surface area contributed by atoms with Crippen LogP contribution in [-0.2, 0) is 21.7 Å². The molecule has 2 aromatic carbocycles. The Labute approximate surface area is 197 Å². The lowest BCUT2D eigenvalue weighted by Crippen LogP contribution is -2.21. The van der Waals surface area contributed by atoms with E-state index in [9.17, 15) is 10.2 Å². The summed E-state index contributed by atoms with van der Waals surface area (Å²) >= 11 is 0. The zero-order chi connectivity index (χ0) is 25.0. The number of aromatic hydroxyl groups is 2. The largest absolute Gasteiger partial charge is 0.508 e. The third kappa shape index (κ3) is 5.33. The first-order chi connectivity index (χ1) is 14.2. The highest BCUT2D eigenvalue weighted by Crippen LogP contribution is 2.46. The second-order valence-corrected chi connectivity index (χ2v) is 13.6. The quantitative estimate of drug-likeness (QED) is 0.494. The Morgan fingerprint density at radius 2 is 1.00 bits per heavy atom. The Morgan fingerprint density at radius 3 is 1.41 bits per heavy atom. The van der Waals surface area contributed by atoms with Crippen molar-refractivity contribution in [3.05, 3.63) is 57.6 Å². The van der Waals surface area contributed by atoms with Crippen LogP contribution < -0.4 is 0 Å². The molecule has 178 valence electrons. The van der Waals surface area contributed by atoms with Crippen molar-refractivity contribution in [2.75, 3.05) is 0 Å². The molecule has 0 fully saturated rings. The molecule has 0 aliphatic rings. The third-order valence-corrected chi connectivity index (χ3v) is 6.53. The summed E-state index contributed by atoms with van der Waals surface area (Å²) in [6, 6.07) is 8.44. The van der Waals surface area contributed by atoms with Crippen LogP contribution in [-0.4, -0.2) is 10.2 Å². The highest BCUT2D eigenvalue weighted by molar-refractivity contribution is 5.56. The molecule has 0 amide bonds. The van der Waals surface area contributed by atoms with Gasteiger partial charge in [-0.15, -0.1) is 0 Å². The minimum atomic E-state index is -0.176. The average Bonchev–Trinajstić information content (AvgIpc) is 2.56. The van der Waals surface area contributed by atoms with Gasteiger partial charge < -0.3 is 10.2 Å². The lowest BCUT2D eigenvalue weighted by atomic mass is 9.73. The van der Waals surface area contributed by atoms with E-state index in [1.165, 1.54) is 11.1 Å². The second kappa shape index (κ2) is 8.12. The van der Waals surface area contributed by atoms with Crippen molar-refractivity contribution in [1.29, 1.82) is 0 Å². The molecule has 0 radical (unpaired) electrons. The van der Waals surface area contributed by atoms with Gasteiger partial charge in [0.15, 0.2) is 0 Å². The van der Waals surface area contributed by atoms with E-state index in [0.717, 1.165) is 22.3 Å². The normalized spacial score (nSPS) is 14.5. The predicted octanol–water partition coefficient (Wildman–Crippen LogP) is 8.44. The number of phenolic OH excluding ortho intramolecular Hbond substituents is 2. The zero-order valence-electron chi connectivity index (χ0n) is 22.8. The molecule has 2 N–H and O–H groups in total. The molecule has 0 saturated carbocycles. The fraction of sp³-hybridized carbons (Fsp3) is 0.600. The fourth-order valence-corrected chi connectivity index (χ4v) is 4.37. The van der Waals surface area contributed by atoms with E-state index in [-0.39, 0.29) is 27.6 Å². The monoisotopic (exact) mass is 438 g/mol. The van der Waals surface area contributed by atoms with Gasteiger partial charge in [-0.25, -0.2) is 0 Å². The first kappa shape index (κ1) is 26.3. The summed E-state index contributed by atoms with van der Waals surface area (Å²) in [7, 11) is 0. The van der Waals surface area contributed by atoms with Gasteiger partial charge in [-0.2, -0.15) is 0 Å². The van der Waals surface area contributed by atoms with Gasteiger partial charge in [-0.05, 0) is 55.5 Å². The molecule has 32 heavy (non-hydrogen) atoms. The zero-order valence-corrected chi connectivity index (χ0v) is 22.8. The number of phenols is 2. The minimum Gasteiger partial charge on any atom is -0.508 e. The van der Waals surface area contributed by atoms with Gasteiger partial charge in [0.25, 0.3) is 0 Å². The van der Waals surface area contributed by atoms with E-state index in [1.807, 2.05) is 6.07 Å².